The smallest absolute Gasteiger partial charge is 0.218 e. The lowest BCUT2D eigenvalue weighted by atomic mass is 9.94. The average molecular weight is 326 g/mol. The molecule has 0 amide bonds. The highest BCUT2D eigenvalue weighted by Gasteiger charge is 2.18. The van der Waals surface area contributed by atoms with Crippen molar-refractivity contribution >= 4 is 13.3 Å². The fraction of sp³-hybridized carbons (Fsp3) is 0.0526. The topological polar surface area (TPSA) is 37.3 Å². The normalized spacial score (nSPS) is 12.1. The van der Waals surface area contributed by atoms with Crippen LogP contribution in [0.2, 0.25) is 0 Å². The largest absolute Gasteiger partial charge is 0.343 e. The van der Waals surface area contributed by atoms with E-state index in [-0.39, 0.29) is 5.82 Å². The Hall–Kier alpha value is -2.22. The molecule has 0 saturated heterocycles. The molecule has 2 nitrogen and oxygen atoms in total. The van der Waals surface area contributed by atoms with Crippen LogP contribution < -0.4 is 5.30 Å². The summed E-state index contributed by atoms with van der Waals surface area (Å²) in [5, 5.41) is 0.319. The molecule has 0 aliphatic rings. The number of hydrogen-bond acceptors (Lipinski definition) is 1. The Bertz CT molecular complexity index is 833. The van der Waals surface area contributed by atoms with Gasteiger partial charge in [-0.15, -0.1) is 0 Å². The molecule has 3 rings (SSSR count). The van der Waals surface area contributed by atoms with Crippen molar-refractivity contribution in [3.05, 3.63) is 89.7 Å². The second kappa shape index (κ2) is 6.91. The number of halogens is 1. The van der Waals surface area contributed by atoms with E-state index in [1.165, 1.54) is 12.1 Å². The molecule has 0 fully saturated rings. The molecule has 0 aliphatic heterocycles. The Morgan fingerprint density at radius 3 is 2.09 bits per heavy atom. The van der Waals surface area contributed by atoms with Crippen molar-refractivity contribution in [3.63, 3.8) is 0 Å². The zero-order valence-corrected chi connectivity index (χ0v) is 13.4. The Kier molecular flexibility index (Phi) is 4.71. The van der Waals surface area contributed by atoms with Gasteiger partial charge < -0.3 is 4.89 Å². The first-order chi connectivity index (χ1) is 11.2. The molecule has 1 unspecified atom stereocenters. The molecule has 0 aromatic heterocycles. The average Bonchev–Trinajstić information content (AvgIpc) is 2.56. The predicted molar refractivity (Wildman–Crippen MR) is 91.9 cm³/mol. The Labute approximate surface area is 135 Å². The predicted octanol–water partition coefficient (Wildman–Crippen LogP) is 4.18. The van der Waals surface area contributed by atoms with Crippen molar-refractivity contribution < 1.29 is 13.8 Å². The van der Waals surface area contributed by atoms with Gasteiger partial charge in [0.25, 0.3) is 0 Å². The molecule has 0 saturated carbocycles. The Balaban J connectivity index is 2.21. The molecular formula is C19H16FO2P. The van der Waals surface area contributed by atoms with E-state index in [9.17, 15) is 13.8 Å². The maximum Gasteiger partial charge on any atom is 0.218 e. The molecular weight excluding hydrogens is 310 g/mol. The Morgan fingerprint density at radius 1 is 0.870 bits per heavy atom. The van der Waals surface area contributed by atoms with Gasteiger partial charge in [0.05, 0.1) is 0 Å². The minimum atomic E-state index is -2.92. The first-order valence-electron chi connectivity index (χ1n) is 7.31. The fourth-order valence-corrected chi connectivity index (χ4v) is 3.42. The van der Waals surface area contributed by atoms with Gasteiger partial charge in [0.15, 0.2) is 0 Å². The lowest BCUT2D eigenvalue weighted by Crippen LogP contribution is -2.10. The van der Waals surface area contributed by atoms with Gasteiger partial charge in [0.1, 0.15) is 5.82 Å². The van der Waals surface area contributed by atoms with Gasteiger partial charge in [-0.3, -0.25) is 4.57 Å². The van der Waals surface area contributed by atoms with Crippen molar-refractivity contribution in [1.82, 2.24) is 0 Å². The summed E-state index contributed by atoms with van der Waals surface area (Å²) in [6.07, 6.45) is 0.412. The van der Waals surface area contributed by atoms with Crippen LogP contribution >= 0.6 is 8.03 Å². The highest BCUT2D eigenvalue weighted by atomic mass is 31.1. The van der Waals surface area contributed by atoms with E-state index in [4.69, 9.17) is 0 Å². The van der Waals surface area contributed by atoms with E-state index < -0.39 is 8.03 Å². The maximum absolute atomic E-state index is 14.5. The summed E-state index contributed by atoms with van der Waals surface area (Å²) < 4.78 is 26.3. The standard InChI is InChI=1S/C19H16FO2P/c20-17-11-12-18(23(21)22)16(13-14-7-3-1-4-8-14)19(17)15-9-5-2-6-10-15/h1-12,23H,13H2,(H,21,22). The number of benzene rings is 3. The van der Waals surface area contributed by atoms with E-state index in [0.717, 1.165) is 5.56 Å². The van der Waals surface area contributed by atoms with Gasteiger partial charge in [0, 0.05) is 10.9 Å². The van der Waals surface area contributed by atoms with Gasteiger partial charge in [-0.25, -0.2) is 4.39 Å². The third kappa shape index (κ3) is 3.42. The fourth-order valence-electron chi connectivity index (χ4n) is 2.72. The third-order valence-electron chi connectivity index (χ3n) is 3.78. The molecule has 0 spiro atoms. The summed E-state index contributed by atoms with van der Waals surface area (Å²) in [5.74, 6) is -0.380. The SMILES string of the molecule is O=[PH](O)c1ccc(F)c(-c2ccccc2)c1Cc1ccccc1. The molecule has 1 N–H and O–H groups in total. The highest BCUT2D eigenvalue weighted by molar-refractivity contribution is 7.47. The van der Waals surface area contributed by atoms with Crippen LogP contribution in [0.15, 0.2) is 72.8 Å². The molecule has 116 valence electrons. The molecule has 0 bridgehead atoms. The molecule has 0 radical (unpaired) electrons. The summed E-state index contributed by atoms with van der Waals surface area (Å²) in [6.45, 7) is 0. The van der Waals surface area contributed by atoms with Crippen LogP contribution in [0, 0.1) is 5.82 Å². The molecule has 0 aliphatic carbocycles. The monoisotopic (exact) mass is 326 g/mol. The molecule has 3 aromatic carbocycles. The first-order valence-corrected chi connectivity index (χ1v) is 8.66. The zero-order valence-electron chi connectivity index (χ0n) is 12.4. The highest BCUT2D eigenvalue weighted by Crippen LogP contribution is 2.31. The van der Waals surface area contributed by atoms with Crippen LogP contribution in [0.4, 0.5) is 4.39 Å². The van der Waals surface area contributed by atoms with Crippen LogP contribution in [0.5, 0.6) is 0 Å². The van der Waals surface area contributed by atoms with Crippen LogP contribution in [-0.2, 0) is 11.0 Å². The minimum absolute atomic E-state index is 0.319. The van der Waals surface area contributed by atoms with E-state index in [0.29, 0.717) is 28.4 Å². The molecule has 3 aromatic rings. The lowest BCUT2D eigenvalue weighted by Gasteiger charge is -2.15. The molecule has 23 heavy (non-hydrogen) atoms. The zero-order chi connectivity index (χ0) is 16.2. The Morgan fingerprint density at radius 2 is 1.48 bits per heavy atom. The van der Waals surface area contributed by atoms with E-state index >= 15 is 0 Å². The van der Waals surface area contributed by atoms with E-state index in [1.807, 2.05) is 60.7 Å². The van der Waals surface area contributed by atoms with E-state index in [1.54, 1.807) is 0 Å². The second-order valence-electron chi connectivity index (χ2n) is 5.28. The molecule has 1 atom stereocenters. The van der Waals surface area contributed by atoms with Gasteiger partial charge in [-0.2, -0.15) is 0 Å². The van der Waals surface area contributed by atoms with Crippen molar-refractivity contribution in [2.24, 2.45) is 0 Å². The van der Waals surface area contributed by atoms with Crippen LogP contribution in [0.3, 0.4) is 0 Å². The summed E-state index contributed by atoms with van der Waals surface area (Å²) in [4.78, 5) is 9.67. The minimum Gasteiger partial charge on any atom is -0.343 e. The molecule has 0 heterocycles. The summed E-state index contributed by atoms with van der Waals surface area (Å²) in [7, 11) is -2.92. The summed E-state index contributed by atoms with van der Waals surface area (Å²) >= 11 is 0. The van der Waals surface area contributed by atoms with Crippen LogP contribution in [0.25, 0.3) is 11.1 Å². The first kappa shape index (κ1) is 15.7. The van der Waals surface area contributed by atoms with Crippen LogP contribution in [0.1, 0.15) is 11.1 Å². The van der Waals surface area contributed by atoms with Gasteiger partial charge in [-0.1, -0.05) is 60.7 Å². The van der Waals surface area contributed by atoms with Gasteiger partial charge >= 0.3 is 0 Å². The summed E-state index contributed by atoms with van der Waals surface area (Å²) in [6, 6.07) is 21.4. The van der Waals surface area contributed by atoms with Gasteiger partial charge in [-0.05, 0) is 35.2 Å². The third-order valence-corrected chi connectivity index (χ3v) is 4.71. The molecule has 4 heteroatoms. The summed E-state index contributed by atoms with van der Waals surface area (Å²) in [5.41, 5.74) is 2.66. The maximum atomic E-state index is 14.5. The van der Waals surface area contributed by atoms with Crippen molar-refractivity contribution in [2.75, 3.05) is 0 Å². The van der Waals surface area contributed by atoms with E-state index in [2.05, 4.69) is 0 Å². The van der Waals surface area contributed by atoms with Crippen molar-refractivity contribution in [1.29, 1.82) is 0 Å². The van der Waals surface area contributed by atoms with Crippen molar-refractivity contribution in [3.8, 4) is 11.1 Å². The second-order valence-corrected chi connectivity index (χ2v) is 6.43. The number of rotatable bonds is 4. The van der Waals surface area contributed by atoms with Crippen LogP contribution in [-0.4, -0.2) is 4.89 Å². The lowest BCUT2D eigenvalue weighted by molar-refractivity contribution is 0.513. The quantitative estimate of drug-likeness (QED) is 0.731. The van der Waals surface area contributed by atoms with Gasteiger partial charge in [0.2, 0.25) is 8.03 Å². The van der Waals surface area contributed by atoms with Crippen molar-refractivity contribution in [2.45, 2.75) is 6.42 Å². The number of hydrogen-bond donors (Lipinski definition) is 1.